The fourth-order valence-corrected chi connectivity index (χ4v) is 2.53. The van der Waals surface area contributed by atoms with Gasteiger partial charge < -0.3 is 15.4 Å². The molecule has 2 heterocycles. The first-order chi connectivity index (χ1) is 7.31. The van der Waals surface area contributed by atoms with E-state index in [1.165, 1.54) is 11.3 Å². The van der Waals surface area contributed by atoms with Gasteiger partial charge in [-0.15, -0.1) is 11.3 Å². The molecule has 0 aliphatic carbocycles. The number of nitrogens with zero attached hydrogens (tertiary/aromatic N) is 2. The lowest BCUT2D eigenvalue weighted by Crippen LogP contribution is -2.24. The molecule has 0 atom stereocenters. The lowest BCUT2D eigenvalue weighted by molar-refractivity contribution is 0.152. The summed E-state index contributed by atoms with van der Waals surface area (Å²) in [7, 11) is 0. The Morgan fingerprint density at radius 3 is 3.07 bits per heavy atom. The number of hydrogen-bond acceptors (Lipinski definition) is 5. The first-order valence-corrected chi connectivity index (χ1v) is 5.75. The summed E-state index contributed by atoms with van der Waals surface area (Å²) in [4.78, 5) is 2.84. The summed E-state index contributed by atoms with van der Waals surface area (Å²) < 4.78 is 5.38. The molecular formula is C10H13N3OS. The second kappa shape index (κ2) is 4.51. The van der Waals surface area contributed by atoms with Gasteiger partial charge in [0.05, 0.1) is 17.3 Å². The molecule has 1 aromatic heterocycles. The van der Waals surface area contributed by atoms with Crippen LogP contribution in [-0.2, 0) is 4.74 Å². The van der Waals surface area contributed by atoms with E-state index in [-0.39, 0.29) is 0 Å². The highest BCUT2D eigenvalue weighted by atomic mass is 32.1. The largest absolute Gasteiger partial charge is 0.397 e. The predicted octanol–water partition coefficient (Wildman–Crippen LogP) is 1.43. The summed E-state index contributed by atoms with van der Waals surface area (Å²) in [5.41, 5.74) is 6.31. The normalized spacial score (nSPS) is 17.1. The van der Waals surface area contributed by atoms with E-state index < -0.39 is 0 Å². The number of thiophene rings is 1. The summed E-state index contributed by atoms with van der Waals surface area (Å²) in [6, 6.07) is 3.99. The highest BCUT2D eigenvalue weighted by Crippen LogP contribution is 2.31. The molecule has 0 spiro atoms. The van der Waals surface area contributed by atoms with Gasteiger partial charge >= 0.3 is 0 Å². The molecule has 80 valence electrons. The zero-order valence-corrected chi connectivity index (χ0v) is 9.22. The number of nitrogen functional groups attached to an aromatic ring is 1. The molecule has 0 amide bonds. The third-order valence-electron chi connectivity index (χ3n) is 2.38. The van der Waals surface area contributed by atoms with Crippen LogP contribution in [0.1, 0.15) is 11.3 Å². The second-order valence-electron chi connectivity index (χ2n) is 3.43. The molecule has 5 heteroatoms. The number of hydrogen-bond donors (Lipinski definition) is 1. The fourth-order valence-electron chi connectivity index (χ4n) is 1.60. The summed E-state index contributed by atoms with van der Waals surface area (Å²) in [6.45, 7) is 3.43. The fraction of sp³-hybridized carbons (Fsp3) is 0.500. The van der Waals surface area contributed by atoms with E-state index in [1.807, 2.05) is 6.07 Å². The Balaban J connectivity index is 2.17. The van der Waals surface area contributed by atoms with Crippen molar-refractivity contribution in [1.29, 1.82) is 5.26 Å². The maximum absolute atomic E-state index is 8.82. The Hall–Kier alpha value is -1.25. The van der Waals surface area contributed by atoms with Gasteiger partial charge in [-0.1, -0.05) is 0 Å². The maximum atomic E-state index is 8.82. The van der Waals surface area contributed by atoms with Crippen molar-refractivity contribution in [2.75, 3.05) is 36.9 Å². The third kappa shape index (κ3) is 2.22. The monoisotopic (exact) mass is 223 g/mol. The maximum Gasteiger partial charge on any atom is 0.129 e. The number of nitriles is 1. The van der Waals surface area contributed by atoms with Crippen LogP contribution in [0.4, 0.5) is 10.7 Å². The molecule has 1 aliphatic heterocycles. The molecule has 4 nitrogen and oxygen atoms in total. The Labute approximate surface area is 92.9 Å². The van der Waals surface area contributed by atoms with E-state index in [0.29, 0.717) is 10.6 Å². The minimum Gasteiger partial charge on any atom is -0.397 e. The van der Waals surface area contributed by atoms with Crippen molar-refractivity contribution in [3.05, 3.63) is 10.9 Å². The molecule has 2 rings (SSSR count). The van der Waals surface area contributed by atoms with E-state index in [1.54, 1.807) is 0 Å². The van der Waals surface area contributed by atoms with Crippen LogP contribution in [-0.4, -0.2) is 26.3 Å². The zero-order chi connectivity index (χ0) is 10.7. The molecule has 0 unspecified atom stereocenters. The number of anilines is 2. The molecule has 0 radical (unpaired) electrons. The van der Waals surface area contributed by atoms with Crippen LogP contribution in [0.5, 0.6) is 0 Å². The SMILES string of the molecule is N#Cc1sc(N2CCCOCC2)cc1N. The van der Waals surface area contributed by atoms with Crippen molar-refractivity contribution in [3.63, 3.8) is 0 Å². The van der Waals surface area contributed by atoms with E-state index in [0.717, 1.165) is 37.7 Å². The zero-order valence-electron chi connectivity index (χ0n) is 8.40. The van der Waals surface area contributed by atoms with E-state index in [4.69, 9.17) is 15.7 Å². The average molecular weight is 223 g/mol. The Morgan fingerprint density at radius 1 is 1.47 bits per heavy atom. The topological polar surface area (TPSA) is 62.3 Å². The van der Waals surface area contributed by atoms with Crippen molar-refractivity contribution < 1.29 is 4.74 Å². The van der Waals surface area contributed by atoms with Crippen molar-refractivity contribution in [1.82, 2.24) is 0 Å². The van der Waals surface area contributed by atoms with E-state index >= 15 is 0 Å². The van der Waals surface area contributed by atoms with E-state index in [9.17, 15) is 0 Å². The summed E-state index contributed by atoms with van der Waals surface area (Å²) in [6.07, 6.45) is 1.03. The Bertz CT molecular complexity index is 375. The van der Waals surface area contributed by atoms with Crippen LogP contribution in [0.3, 0.4) is 0 Å². The molecule has 1 saturated heterocycles. The molecule has 0 aromatic carbocycles. The summed E-state index contributed by atoms with van der Waals surface area (Å²) >= 11 is 1.46. The van der Waals surface area contributed by atoms with Gasteiger partial charge in [0.1, 0.15) is 10.9 Å². The molecule has 2 N–H and O–H groups in total. The van der Waals surface area contributed by atoms with Gasteiger partial charge in [-0.3, -0.25) is 0 Å². The van der Waals surface area contributed by atoms with Crippen LogP contribution in [0.2, 0.25) is 0 Å². The van der Waals surface area contributed by atoms with Crippen molar-refractivity contribution in [2.45, 2.75) is 6.42 Å². The lowest BCUT2D eigenvalue weighted by atomic mass is 10.4. The number of nitrogens with two attached hydrogens (primary N) is 1. The molecule has 1 aromatic rings. The van der Waals surface area contributed by atoms with Crippen molar-refractivity contribution in [2.24, 2.45) is 0 Å². The Kier molecular flexibility index (Phi) is 3.09. The molecular weight excluding hydrogens is 210 g/mol. The Morgan fingerprint density at radius 2 is 2.33 bits per heavy atom. The smallest absolute Gasteiger partial charge is 0.129 e. The van der Waals surface area contributed by atoms with Crippen LogP contribution in [0.15, 0.2) is 6.07 Å². The van der Waals surface area contributed by atoms with Crippen LogP contribution in [0, 0.1) is 11.3 Å². The lowest BCUT2D eigenvalue weighted by Gasteiger charge is -2.18. The predicted molar refractivity (Wildman–Crippen MR) is 61.1 cm³/mol. The quantitative estimate of drug-likeness (QED) is 0.782. The minimum absolute atomic E-state index is 0.586. The highest BCUT2D eigenvalue weighted by molar-refractivity contribution is 7.17. The first kappa shape index (κ1) is 10.3. The minimum atomic E-state index is 0.586. The van der Waals surface area contributed by atoms with Crippen LogP contribution >= 0.6 is 11.3 Å². The molecule has 0 bridgehead atoms. The van der Waals surface area contributed by atoms with Crippen molar-refractivity contribution in [3.8, 4) is 6.07 Å². The van der Waals surface area contributed by atoms with Crippen LogP contribution < -0.4 is 10.6 Å². The molecule has 1 aliphatic rings. The van der Waals surface area contributed by atoms with Crippen LogP contribution in [0.25, 0.3) is 0 Å². The van der Waals surface area contributed by atoms with Gasteiger partial charge in [0.25, 0.3) is 0 Å². The van der Waals surface area contributed by atoms with Gasteiger partial charge in [-0.05, 0) is 12.5 Å². The van der Waals surface area contributed by atoms with Crippen molar-refractivity contribution >= 4 is 22.0 Å². The van der Waals surface area contributed by atoms with Gasteiger partial charge in [0.15, 0.2) is 0 Å². The third-order valence-corrected chi connectivity index (χ3v) is 3.50. The van der Waals surface area contributed by atoms with E-state index in [2.05, 4.69) is 11.0 Å². The van der Waals surface area contributed by atoms with Gasteiger partial charge in [-0.25, -0.2) is 0 Å². The average Bonchev–Trinajstić information content (AvgIpc) is 2.48. The molecule has 1 fully saturated rings. The number of rotatable bonds is 1. The second-order valence-corrected chi connectivity index (χ2v) is 4.46. The first-order valence-electron chi connectivity index (χ1n) is 4.93. The summed E-state index contributed by atoms with van der Waals surface area (Å²) in [5.74, 6) is 0. The van der Waals surface area contributed by atoms with Gasteiger partial charge in [0.2, 0.25) is 0 Å². The number of ether oxygens (including phenoxy) is 1. The molecule has 15 heavy (non-hydrogen) atoms. The standard InChI is InChI=1S/C10H13N3OS/c11-7-9-8(12)6-10(15-9)13-2-1-4-14-5-3-13/h6H,1-5,12H2. The van der Waals surface area contributed by atoms with Gasteiger partial charge in [0, 0.05) is 19.7 Å². The molecule has 0 saturated carbocycles. The summed E-state index contributed by atoms with van der Waals surface area (Å²) in [5, 5.41) is 9.90. The van der Waals surface area contributed by atoms with Gasteiger partial charge in [-0.2, -0.15) is 5.26 Å². The highest BCUT2D eigenvalue weighted by Gasteiger charge is 2.14.